The van der Waals surface area contributed by atoms with Gasteiger partial charge < -0.3 is 9.47 Å². The minimum Gasteiger partial charge on any atom is -0.481 e. The molecule has 8 heteroatoms. The topological polar surface area (TPSA) is 78.4 Å². The smallest absolute Gasteiger partial charge is 0.368 e. The van der Waals surface area contributed by atoms with Gasteiger partial charge in [-0.05, 0) is 0 Å². The van der Waals surface area contributed by atoms with Gasteiger partial charge in [-0.15, -0.1) is 0 Å². The lowest BCUT2D eigenvalue weighted by molar-refractivity contribution is 0.361. The second-order valence-electron chi connectivity index (χ2n) is 2.17. The monoisotopic (exact) mass is 222 g/mol. The highest BCUT2D eigenvalue weighted by atomic mass is 32.3. The van der Waals surface area contributed by atoms with E-state index in [9.17, 15) is 12.3 Å². The maximum absolute atomic E-state index is 12.5. The average molecular weight is 222 g/mol. The van der Waals surface area contributed by atoms with E-state index in [4.69, 9.17) is 0 Å². The van der Waals surface area contributed by atoms with Crippen molar-refractivity contribution in [3.63, 3.8) is 0 Å². The van der Waals surface area contributed by atoms with Crippen LogP contribution >= 0.6 is 0 Å². The second kappa shape index (κ2) is 3.74. The fraction of sp³-hybridized carbons (Fsp3) is 0.333. The molecule has 0 unspecified atom stereocenters. The Morgan fingerprint density at radius 2 is 1.64 bits per heavy atom. The predicted molar refractivity (Wildman–Crippen MR) is 43.4 cm³/mol. The number of aromatic nitrogens is 2. The summed E-state index contributed by atoms with van der Waals surface area (Å²) in [4.78, 5) is 6.59. The summed E-state index contributed by atoms with van der Waals surface area (Å²) in [6, 6.07) is 1.23. The molecule has 0 spiro atoms. The Labute approximate surface area is 79.9 Å². The molecule has 0 aliphatic carbocycles. The molecule has 0 bridgehead atoms. The van der Waals surface area contributed by atoms with Crippen molar-refractivity contribution in [3.8, 4) is 11.8 Å². The Bertz CT molecular complexity index is 411. The van der Waals surface area contributed by atoms with E-state index in [1.807, 2.05) is 0 Å². The van der Waals surface area contributed by atoms with Crippen LogP contribution in [0.1, 0.15) is 0 Å². The maximum atomic E-state index is 12.5. The van der Waals surface area contributed by atoms with Gasteiger partial charge in [-0.2, -0.15) is 18.4 Å². The number of hydrogen-bond acceptors (Lipinski definition) is 6. The molecule has 6 nitrogen and oxygen atoms in total. The number of halogens is 1. The average Bonchev–Trinajstić information content (AvgIpc) is 2.15. The molecule has 0 aromatic carbocycles. The largest absolute Gasteiger partial charge is 0.481 e. The number of hydrogen-bond donors (Lipinski definition) is 0. The van der Waals surface area contributed by atoms with Crippen molar-refractivity contribution in [1.29, 1.82) is 0 Å². The Balaban J connectivity index is 3.32. The lowest BCUT2D eigenvalue weighted by atomic mass is 10.6. The Morgan fingerprint density at radius 3 is 1.93 bits per heavy atom. The first kappa shape index (κ1) is 10.6. The minimum atomic E-state index is -4.95. The summed E-state index contributed by atoms with van der Waals surface area (Å²) < 4.78 is 42.7. The maximum Gasteiger partial charge on any atom is 0.368 e. The van der Waals surface area contributed by atoms with Crippen molar-refractivity contribution in [2.45, 2.75) is 5.16 Å². The van der Waals surface area contributed by atoms with E-state index in [1.54, 1.807) is 0 Å². The summed E-state index contributed by atoms with van der Waals surface area (Å²) in [6.45, 7) is 0. The normalized spacial score (nSPS) is 11.1. The molecule has 1 aromatic heterocycles. The van der Waals surface area contributed by atoms with Crippen LogP contribution in [0.25, 0.3) is 0 Å². The molecule has 1 rings (SSSR count). The zero-order valence-electron chi connectivity index (χ0n) is 7.39. The molecule has 0 radical (unpaired) electrons. The second-order valence-corrected chi connectivity index (χ2v) is 3.41. The van der Waals surface area contributed by atoms with Crippen molar-refractivity contribution in [2.75, 3.05) is 14.2 Å². The van der Waals surface area contributed by atoms with Gasteiger partial charge in [0.1, 0.15) is 0 Å². The van der Waals surface area contributed by atoms with Crippen LogP contribution in [-0.4, -0.2) is 32.6 Å². The van der Waals surface area contributed by atoms with E-state index in [1.165, 1.54) is 20.3 Å². The van der Waals surface area contributed by atoms with Crippen LogP contribution in [-0.2, 0) is 10.2 Å². The van der Waals surface area contributed by atoms with Crippen LogP contribution < -0.4 is 9.47 Å². The first-order chi connectivity index (χ1) is 6.47. The Morgan fingerprint density at radius 1 is 1.21 bits per heavy atom. The van der Waals surface area contributed by atoms with Crippen molar-refractivity contribution in [1.82, 2.24) is 9.97 Å². The van der Waals surface area contributed by atoms with Crippen LogP contribution in [0.15, 0.2) is 11.2 Å². The summed E-state index contributed by atoms with van der Waals surface area (Å²) in [5, 5.41) is -0.978. The zero-order chi connectivity index (χ0) is 10.8. The standard InChI is InChI=1S/C6H7FN2O4S/c1-12-4-3-5(13-2)9-6(8-4)14(7,10)11/h3H,1-2H3. The van der Waals surface area contributed by atoms with Gasteiger partial charge in [-0.25, -0.2) is 0 Å². The predicted octanol–water partition coefficient (Wildman–Crippen LogP) is 0.152. The molecule has 0 saturated heterocycles. The van der Waals surface area contributed by atoms with Crippen LogP contribution in [0.2, 0.25) is 0 Å². The molecule has 0 aliphatic rings. The van der Waals surface area contributed by atoms with Gasteiger partial charge in [0, 0.05) is 0 Å². The van der Waals surface area contributed by atoms with Gasteiger partial charge in [0.25, 0.3) is 5.16 Å². The van der Waals surface area contributed by atoms with Crippen molar-refractivity contribution in [2.24, 2.45) is 0 Å². The highest BCUT2D eigenvalue weighted by Gasteiger charge is 2.19. The van der Waals surface area contributed by atoms with Gasteiger partial charge in [0.15, 0.2) is 0 Å². The quantitative estimate of drug-likeness (QED) is 0.535. The van der Waals surface area contributed by atoms with Crippen molar-refractivity contribution < 1.29 is 21.8 Å². The summed E-state index contributed by atoms with van der Waals surface area (Å²) >= 11 is 0. The molecule has 0 saturated carbocycles. The number of rotatable bonds is 3. The molecular formula is C6H7FN2O4S. The van der Waals surface area contributed by atoms with Crippen molar-refractivity contribution >= 4 is 10.2 Å². The van der Waals surface area contributed by atoms with Gasteiger partial charge in [0.2, 0.25) is 11.8 Å². The fourth-order valence-corrected chi connectivity index (χ4v) is 1.10. The van der Waals surface area contributed by atoms with E-state index in [-0.39, 0.29) is 11.8 Å². The van der Waals surface area contributed by atoms with E-state index in [0.29, 0.717) is 0 Å². The van der Waals surface area contributed by atoms with Gasteiger partial charge in [0.05, 0.1) is 20.3 Å². The number of ether oxygens (including phenoxy) is 2. The first-order valence-corrected chi connectivity index (χ1v) is 4.77. The molecule has 0 N–H and O–H groups in total. The number of methoxy groups -OCH3 is 2. The molecule has 0 aliphatic heterocycles. The summed E-state index contributed by atoms with van der Waals surface area (Å²) in [6.07, 6.45) is 0. The van der Waals surface area contributed by atoms with Gasteiger partial charge in [-0.1, -0.05) is 3.89 Å². The van der Waals surface area contributed by atoms with E-state index in [0.717, 1.165) is 0 Å². The third-order valence-electron chi connectivity index (χ3n) is 1.29. The fourth-order valence-electron chi connectivity index (χ4n) is 0.702. The van der Waals surface area contributed by atoms with Crippen LogP contribution in [0.4, 0.5) is 3.89 Å². The molecule has 0 atom stereocenters. The summed E-state index contributed by atoms with van der Waals surface area (Å²) in [5.74, 6) is -0.179. The van der Waals surface area contributed by atoms with E-state index in [2.05, 4.69) is 19.4 Å². The Hall–Kier alpha value is -1.44. The van der Waals surface area contributed by atoms with E-state index < -0.39 is 15.4 Å². The molecule has 1 aromatic rings. The third kappa shape index (κ3) is 2.28. The van der Waals surface area contributed by atoms with Gasteiger partial charge in [-0.3, -0.25) is 0 Å². The lowest BCUT2D eigenvalue weighted by Gasteiger charge is -2.02. The highest BCUT2D eigenvalue weighted by molar-refractivity contribution is 7.86. The molecule has 0 amide bonds. The minimum absolute atomic E-state index is 0.0897. The van der Waals surface area contributed by atoms with Crippen LogP contribution in [0, 0.1) is 0 Å². The molecule has 78 valence electrons. The molecule has 1 heterocycles. The van der Waals surface area contributed by atoms with E-state index >= 15 is 0 Å². The SMILES string of the molecule is COc1cc(OC)nc(S(=O)(=O)F)n1. The van der Waals surface area contributed by atoms with Gasteiger partial charge >= 0.3 is 10.2 Å². The lowest BCUT2D eigenvalue weighted by Crippen LogP contribution is -2.03. The Kier molecular flexibility index (Phi) is 2.84. The summed E-state index contributed by atoms with van der Waals surface area (Å²) in [5.41, 5.74) is 0. The van der Waals surface area contributed by atoms with Crippen LogP contribution in [0.3, 0.4) is 0 Å². The molecular weight excluding hydrogens is 215 g/mol. The third-order valence-corrected chi connectivity index (χ3v) is 1.91. The first-order valence-electron chi connectivity index (χ1n) is 3.39. The highest BCUT2D eigenvalue weighted by Crippen LogP contribution is 2.18. The summed E-state index contributed by atoms with van der Waals surface area (Å²) in [7, 11) is -2.43. The molecule has 0 fully saturated rings. The van der Waals surface area contributed by atoms with Crippen LogP contribution in [0.5, 0.6) is 11.8 Å². The van der Waals surface area contributed by atoms with Crippen molar-refractivity contribution in [3.05, 3.63) is 6.07 Å². The number of nitrogens with zero attached hydrogens (tertiary/aromatic N) is 2. The molecule has 14 heavy (non-hydrogen) atoms. The zero-order valence-corrected chi connectivity index (χ0v) is 8.21.